The Bertz CT molecular complexity index is 1370. The molecule has 0 atom stereocenters. The molecule has 0 aliphatic rings. The minimum absolute atomic E-state index is 0.0665. The van der Waals surface area contributed by atoms with Crippen LogP contribution in [-0.4, -0.2) is 33.8 Å². The maximum absolute atomic E-state index is 13.1. The van der Waals surface area contributed by atoms with Crippen LogP contribution in [0.15, 0.2) is 62.9 Å². The fourth-order valence-corrected chi connectivity index (χ4v) is 4.23. The lowest BCUT2D eigenvalue weighted by atomic mass is 10.2. The summed E-state index contributed by atoms with van der Waals surface area (Å²) in [6, 6.07) is 13.8. The molecular weight excluding hydrogens is 442 g/mol. The molecule has 2 heterocycles. The number of carbonyl (C=O) groups excluding carboxylic acids is 2. The van der Waals surface area contributed by atoms with Crippen LogP contribution >= 0.6 is 11.8 Å². The quantitative estimate of drug-likeness (QED) is 0.233. The third kappa shape index (κ3) is 4.78. The number of benzene rings is 2. The van der Waals surface area contributed by atoms with Gasteiger partial charge in [0.2, 0.25) is 11.5 Å². The molecule has 2 aromatic carbocycles. The molecule has 170 valence electrons. The number of hydrogen-bond acceptors (Lipinski definition) is 7. The Morgan fingerprint density at radius 2 is 1.88 bits per heavy atom. The van der Waals surface area contributed by atoms with Crippen molar-refractivity contribution < 1.29 is 18.7 Å². The summed E-state index contributed by atoms with van der Waals surface area (Å²) in [4.78, 5) is 42.0. The maximum atomic E-state index is 13.1. The third-order valence-corrected chi connectivity index (χ3v) is 5.88. The maximum Gasteiger partial charge on any atom is 0.338 e. The van der Waals surface area contributed by atoms with E-state index in [4.69, 9.17) is 9.15 Å². The standard InChI is InChI=1S/C24H23N3O5S/c1-3-13-27-22(29)21-20(17-7-5-6-8-18(17)32-21)26-24(27)33-14-19(28)25-16-11-9-15(10-12-16)23(30)31-4-2/h5-12H,3-4,13-14H2,1-2H3,(H,25,28). The molecule has 0 aliphatic heterocycles. The number of furan rings is 1. The van der Waals surface area contributed by atoms with Crippen LogP contribution in [0.1, 0.15) is 30.6 Å². The van der Waals surface area contributed by atoms with E-state index in [9.17, 15) is 14.4 Å². The van der Waals surface area contributed by atoms with E-state index in [1.54, 1.807) is 41.8 Å². The van der Waals surface area contributed by atoms with Crippen LogP contribution in [0.4, 0.5) is 5.69 Å². The van der Waals surface area contributed by atoms with Crippen molar-refractivity contribution in [1.82, 2.24) is 9.55 Å². The molecular formula is C24H23N3O5S. The number of aromatic nitrogens is 2. The third-order valence-electron chi connectivity index (χ3n) is 4.91. The van der Waals surface area contributed by atoms with E-state index < -0.39 is 5.97 Å². The first-order valence-corrected chi connectivity index (χ1v) is 11.6. The Morgan fingerprint density at radius 3 is 2.61 bits per heavy atom. The van der Waals surface area contributed by atoms with Crippen LogP contribution in [0.2, 0.25) is 0 Å². The lowest BCUT2D eigenvalue weighted by molar-refractivity contribution is -0.113. The summed E-state index contributed by atoms with van der Waals surface area (Å²) >= 11 is 1.19. The molecule has 0 unspecified atom stereocenters. The number of nitrogens with one attached hydrogen (secondary N) is 1. The summed E-state index contributed by atoms with van der Waals surface area (Å²) in [5, 5.41) is 4.02. The van der Waals surface area contributed by atoms with E-state index in [-0.39, 0.29) is 22.8 Å². The molecule has 33 heavy (non-hydrogen) atoms. The minimum Gasteiger partial charge on any atom is -0.462 e. The number of amides is 1. The largest absolute Gasteiger partial charge is 0.462 e. The first kappa shape index (κ1) is 22.6. The molecule has 4 rings (SSSR count). The van der Waals surface area contributed by atoms with Crippen LogP contribution in [0.25, 0.3) is 22.1 Å². The zero-order valence-corrected chi connectivity index (χ0v) is 19.1. The highest BCUT2D eigenvalue weighted by Gasteiger charge is 2.18. The number of carbonyl (C=O) groups is 2. The van der Waals surface area contributed by atoms with Crippen LogP contribution in [0.5, 0.6) is 0 Å². The number of nitrogens with zero attached hydrogens (tertiary/aromatic N) is 2. The number of para-hydroxylation sites is 1. The Hall–Kier alpha value is -3.59. The monoisotopic (exact) mass is 465 g/mol. The van der Waals surface area contributed by atoms with Gasteiger partial charge in [0.1, 0.15) is 11.1 Å². The lowest BCUT2D eigenvalue weighted by Gasteiger charge is -2.11. The van der Waals surface area contributed by atoms with Gasteiger partial charge in [0.15, 0.2) is 5.16 Å². The fourth-order valence-electron chi connectivity index (χ4n) is 3.42. The number of rotatable bonds is 8. The Labute approximate surface area is 193 Å². The van der Waals surface area contributed by atoms with Gasteiger partial charge in [-0.3, -0.25) is 14.2 Å². The topological polar surface area (TPSA) is 103 Å². The van der Waals surface area contributed by atoms with Gasteiger partial charge in [-0.2, -0.15) is 0 Å². The highest BCUT2D eigenvalue weighted by molar-refractivity contribution is 7.99. The average molecular weight is 466 g/mol. The Balaban J connectivity index is 1.53. The molecule has 0 fully saturated rings. The molecule has 4 aromatic rings. The highest BCUT2D eigenvalue weighted by atomic mass is 32.2. The van der Waals surface area contributed by atoms with E-state index in [1.807, 2.05) is 25.1 Å². The SMILES string of the molecule is CCCn1c(SCC(=O)Nc2ccc(C(=O)OCC)cc2)nc2c(oc3ccccc32)c1=O. The molecule has 0 aliphatic carbocycles. The fraction of sp³-hybridized carbons (Fsp3) is 0.250. The summed E-state index contributed by atoms with van der Waals surface area (Å²) in [6.45, 7) is 4.48. The zero-order chi connectivity index (χ0) is 23.4. The van der Waals surface area contributed by atoms with Crippen molar-refractivity contribution in [1.29, 1.82) is 0 Å². The predicted molar refractivity (Wildman–Crippen MR) is 128 cm³/mol. The van der Waals surface area contributed by atoms with Gasteiger partial charge in [0.25, 0.3) is 5.56 Å². The Morgan fingerprint density at radius 1 is 1.12 bits per heavy atom. The van der Waals surface area contributed by atoms with Crippen molar-refractivity contribution in [3.8, 4) is 0 Å². The van der Waals surface area contributed by atoms with Gasteiger partial charge in [0.05, 0.1) is 17.9 Å². The molecule has 0 saturated heterocycles. The predicted octanol–water partition coefficient (Wildman–Crippen LogP) is 4.46. The van der Waals surface area contributed by atoms with Gasteiger partial charge < -0.3 is 14.5 Å². The summed E-state index contributed by atoms with van der Waals surface area (Å²) in [7, 11) is 0. The Kier molecular flexibility index (Phi) is 6.79. The van der Waals surface area contributed by atoms with E-state index in [1.165, 1.54) is 11.8 Å². The number of fused-ring (bicyclic) bond motifs is 3. The van der Waals surface area contributed by atoms with E-state index in [0.717, 1.165) is 11.8 Å². The molecule has 2 aromatic heterocycles. The molecule has 1 amide bonds. The van der Waals surface area contributed by atoms with Crippen LogP contribution in [0.3, 0.4) is 0 Å². The summed E-state index contributed by atoms with van der Waals surface area (Å²) < 4.78 is 12.3. The van der Waals surface area contributed by atoms with E-state index >= 15 is 0 Å². The van der Waals surface area contributed by atoms with Crippen LogP contribution < -0.4 is 10.9 Å². The van der Waals surface area contributed by atoms with Crippen molar-refractivity contribution in [2.75, 3.05) is 17.7 Å². The summed E-state index contributed by atoms with van der Waals surface area (Å²) in [6.07, 6.45) is 0.736. The van der Waals surface area contributed by atoms with Crippen LogP contribution in [0, 0.1) is 0 Å². The molecule has 0 spiro atoms. The first-order valence-electron chi connectivity index (χ1n) is 10.6. The molecule has 8 nitrogen and oxygen atoms in total. The van der Waals surface area contributed by atoms with Gasteiger partial charge in [-0.25, -0.2) is 9.78 Å². The minimum atomic E-state index is -0.409. The van der Waals surface area contributed by atoms with Crippen molar-refractivity contribution >= 4 is 51.4 Å². The molecule has 0 saturated carbocycles. The normalized spacial score (nSPS) is 11.1. The number of hydrogen-bond donors (Lipinski definition) is 1. The van der Waals surface area contributed by atoms with Crippen molar-refractivity contribution in [3.05, 3.63) is 64.4 Å². The zero-order valence-electron chi connectivity index (χ0n) is 18.3. The molecule has 9 heteroatoms. The van der Waals surface area contributed by atoms with E-state index in [0.29, 0.717) is 40.7 Å². The number of ether oxygens (including phenoxy) is 1. The lowest BCUT2D eigenvalue weighted by Crippen LogP contribution is -2.23. The first-order chi connectivity index (χ1) is 16.0. The number of thioether (sulfide) groups is 1. The number of esters is 1. The van der Waals surface area contributed by atoms with Gasteiger partial charge in [-0.15, -0.1) is 0 Å². The average Bonchev–Trinajstić information content (AvgIpc) is 3.19. The van der Waals surface area contributed by atoms with Gasteiger partial charge in [-0.05, 0) is 49.7 Å². The summed E-state index contributed by atoms with van der Waals surface area (Å²) in [5.41, 5.74) is 2.05. The van der Waals surface area contributed by atoms with Crippen LogP contribution in [-0.2, 0) is 16.1 Å². The van der Waals surface area contributed by atoms with Gasteiger partial charge in [0, 0.05) is 17.6 Å². The second kappa shape index (κ2) is 9.91. The second-order valence-electron chi connectivity index (χ2n) is 7.26. The van der Waals surface area contributed by atoms with Crippen molar-refractivity contribution in [3.63, 3.8) is 0 Å². The van der Waals surface area contributed by atoms with Crippen molar-refractivity contribution in [2.45, 2.75) is 32.0 Å². The van der Waals surface area contributed by atoms with Gasteiger partial charge in [-0.1, -0.05) is 30.8 Å². The van der Waals surface area contributed by atoms with Crippen molar-refractivity contribution in [2.24, 2.45) is 0 Å². The second-order valence-corrected chi connectivity index (χ2v) is 8.20. The molecule has 1 N–H and O–H groups in total. The summed E-state index contributed by atoms with van der Waals surface area (Å²) in [5.74, 6) is -0.594. The highest BCUT2D eigenvalue weighted by Crippen LogP contribution is 2.27. The molecule has 0 radical (unpaired) electrons. The molecule has 0 bridgehead atoms. The smallest absolute Gasteiger partial charge is 0.338 e. The van der Waals surface area contributed by atoms with E-state index in [2.05, 4.69) is 10.3 Å². The van der Waals surface area contributed by atoms with Gasteiger partial charge >= 0.3 is 5.97 Å². The number of anilines is 1.